The monoisotopic (exact) mass is 258 g/mol. The van der Waals surface area contributed by atoms with Gasteiger partial charge in [0.05, 0.1) is 0 Å². The molecule has 0 unspecified atom stereocenters. The smallest absolute Gasteiger partial charge is 0.387 e. The van der Waals surface area contributed by atoms with Gasteiger partial charge >= 0.3 is 12.6 Å². The number of hydrogen-bond donors (Lipinski definition) is 2. The van der Waals surface area contributed by atoms with Crippen molar-refractivity contribution in [3.63, 3.8) is 0 Å². The molecule has 0 fully saturated rings. The Hall–Kier alpha value is -1.85. The van der Waals surface area contributed by atoms with Crippen LogP contribution in [0.3, 0.4) is 0 Å². The number of nitrogens with one attached hydrogen (secondary N) is 2. The predicted molar refractivity (Wildman–Crippen MR) is 65.0 cm³/mol. The van der Waals surface area contributed by atoms with Crippen molar-refractivity contribution in [2.45, 2.75) is 32.9 Å². The number of alkyl halides is 2. The van der Waals surface area contributed by atoms with Gasteiger partial charge in [0.15, 0.2) is 0 Å². The van der Waals surface area contributed by atoms with E-state index < -0.39 is 6.61 Å². The van der Waals surface area contributed by atoms with Crippen molar-refractivity contribution in [1.29, 1.82) is 0 Å². The second kappa shape index (κ2) is 5.66. The summed E-state index contributed by atoms with van der Waals surface area (Å²) in [6.07, 6.45) is 0. The molecular formula is C12H16F2N2O2. The van der Waals surface area contributed by atoms with E-state index in [1.165, 1.54) is 24.3 Å². The SMILES string of the molecule is CC(C)(C)NC(=O)Nc1ccc(OC(F)F)cc1. The third kappa shape index (κ3) is 5.47. The first-order valence-corrected chi connectivity index (χ1v) is 5.40. The summed E-state index contributed by atoms with van der Waals surface area (Å²) in [6, 6.07) is 5.34. The highest BCUT2D eigenvalue weighted by Gasteiger charge is 2.13. The molecule has 18 heavy (non-hydrogen) atoms. The van der Waals surface area contributed by atoms with Crippen molar-refractivity contribution in [1.82, 2.24) is 5.32 Å². The van der Waals surface area contributed by atoms with Crippen molar-refractivity contribution >= 4 is 11.7 Å². The zero-order valence-electron chi connectivity index (χ0n) is 10.5. The quantitative estimate of drug-likeness (QED) is 0.874. The van der Waals surface area contributed by atoms with Gasteiger partial charge in [-0.05, 0) is 45.0 Å². The minimum Gasteiger partial charge on any atom is -0.435 e. The van der Waals surface area contributed by atoms with Crippen molar-refractivity contribution in [3.05, 3.63) is 24.3 Å². The van der Waals surface area contributed by atoms with Crippen LogP contribution in [0.25, 0.3) is 0 Å². The summed E-state index contributed by atoms with van der Waals surface area (Å²) in [5, 5.41) is 5.30. The number of hydrogen-bond acceptors (Lipinski definition) is 2. The zero-order chi connectivity index (χ0) is 13.8. The fraction of sp³-hybridized carbons (Fsp3) is 0.417. The third-order valence-electron chi connectivity index (χ3n) is 1.83. The number of urea groups is 1. The van der Waals surface area contributed by atoms with Gasteiger partial charge in [-0.15, -0.1) is 0 Å². The first-order chi connectivity index (χ1) is 8.26. The van der Waals surface area contributed by atoms with E-state index in [9.17, 15) is 13.6 Å². The first kappa shape index (κ1) is 14.2. The average Bonchev–Trinajstić information content (AvgIpc) is 2.17. The molecule has 4 nitrogen and oxygen atoms in total. The molecule has 1 aromatic rings. The molecule has 0 radical (unpaired) electrons. The van der Waals surface area contributed by atoms with Gasteiger partial charge in [-0.1, -0.05) is 0 Å². The second-order valence-electron chi connectivity index (χ2n) is 4.73. The highest BCUT2D eigenvalue weighted by molar-refractivity contribution is 5.89. The van der Waals surface area contributed by atoms with Crippen molar-refractivity contribution in [2.75, 3.05) is 5.32 Å². The van der Waals surface area contributed by atoms with Crippen LogP contribution >= 0.6 is 0 Å². The summed E-state index contributed by atoms with van der Waals surface area (Å²) in [7, 11) is 0. The molecule has 0 saturated heterocycles. The molecule has 1 aromatic carbocycles. The van der Waals surface area contributed by atoms with Crippen molar-refractivity contribution in [3.8, 4) is 5.75 Å². The van der Waals surface area contributed by atoms with E-state index in [0.29, 0.717) is 5.69 Å². The molecule has 6 heteroatoms. The molecule has 0 saturated carbocycles. The Morgan fingerprint density at radius 2 is 1.78 bits per heavy atom. The fourth-order valence-corrected chi connectivity index (χ4v) is 1.22. The minimum atomic E-state index is -2.85. The number of anilines is 1. The van der Waals surface area contributed by atoms with Gasteiger partial charge in [0, 0.05) is 11.2 Å². The fourth-order valence-electron chi connectivity index (χ4n) is 1.22. The van der Waals surface area contributed by atoms with Crippen LogP contribution in [0.5, 0.6) is 5.75 Å². The van der Waals surface area contributed by atoms with Gasteiger partial charge in [0.25, 0.3) is 0 Å². The molecule has 2 amide bonds. The second-order valence-corrected chi connectivity index (χ2v) is 4.73. The lowest BCUT2D eigenvalue weighted by Gasteiger charge is -2.20. The Morgan fingerprint density at radius 3 is 2.22 bits per heavy atom. The van der Waals surface area contributed by atoms with Gasteiger partial charge in [0.1, 0.15) is 5.75 Å². The summed E-state index contributed by atoms with van der Waals surface area (Å²) in [4.78, 5) is 11.5. The molecule has 0 aliphatic heterocycles. The molecule has 100 valence electrons. The van der Waals surface area contributed by atoms with Crippen LogP contribution in [0.1, 0.15) is 20.8 Å². The van der Waals surface area contributed by atoms with Gasteiger partial charge in [-0.25, -0.2) is 4.79 Å². The maximum atomic E-state index is 11.9. The van der Waals surface area contributed by atoms with E-state index in [4.69, 9.17) is 0 Å². The molecule has 0 aliphatic carbocycles. The summed E-state index contributed by atoms with van der Waals surface area (Å²) >= 11 is 0. The maximum absolute atomic E-state index is 11.9. The Bertz CT molecular complexity index is 400. The van der Waals surface area contributed by atoms with Gasteiger partial charge in [0.2, 0.25) is 0 Å². The number of carbonyl (C=O) groups excluding carboxylic acids is 1. The third-order valence-corrected chi connectivity index (χ3v) is 1.83. The topological polar surface area (TPSA) is 50.4 Å². The lowest BCUT2D eigenvalue weighted by Crippen LogP contribution is -2.43. The van der Waals surface area contributed by atoms with Crippen molar-refractivity contribution < 1.29 is 18.3 Å². The highest BCUT2D eigenvalue weighted by atomic mass is 19.3. The molecule has 0 heterocycles. The van der Waals surface area contributed by atoms with Crippen LogP contribution in [0.4, 0.5) is 19.3 Å². The van der Waals surface area contributed by atoms with Crippen molar-refractivity contribution in [2.24, 2.45) is 0 Å². The van der Waals surface area contributed by atoms with E-state index in [1.54, 1.807) is 0 Å². The molecule has 0 aliphatic rings. The van der Waals surface area contributed by atoms with Crippen LogP contribution in [0.15, 0.2) is 24.3 Å². The number of rotatable bonds is 3. The normalized spacial score (nSPS) is 11.2. The maximum Gasteiger partial charge on any atom is 0.387 e. The lowest BCUT2D eigenvalue weighted by molar-refractivity contribution is -0.0498. The molecule has 0 spiro atoms. The summed E-state index contributed by atoms with van der Waals surface area (Å²) in [5.41, 5.74) is 0.154. The van der Waals surface area contributed by atoms with Crippen LogP contribution in [-0.4, -0.2) is 18.2 Å². The zero-order valence-corrected chi connectivity index (χ0v) is 10.5. The largest absolute Gasteiger partial charge is 0.435 e. The predicted octanol–water partition coefficient (Wildman–Crippen LogP) is 3.21. The van der Waals surface area contributed by atoms with E-state index in [1.807, 2.05) is 20.8 Å². The van der Waals surface area contributed by atoms with E-state index in [2.05, 4.69) is 15.4 Å². The van der Waals surface area contributed by atoms with E-state index in [-0.39, 0.29) is 17.3 Å². The number of halogens is 2. The van der Waals surface area contributed by atoms with Gasteiger partial charge < -0.3 is 15.4 Å². The van der Waals surface area contributed by atoms with Crippen LogP contribution in [0, 0.1) is 0 Å². The molecule has 0 bridgehead atoms. The van der Waals surface area contributed by atoms with Gasteiger partial charge in [-0.3, -0.25) is 0 Å². The van der Waals surface area contributed by atoms with E-state index in [0.717, 1.165) is 0 Å². The Labute approximate surface area is 104 Å². The molecular weight excluding hydrogens is 242 g/mol. The standard InChI is InChI=1S/C12H16F2N2O2/c1-12(2,3)16-11(17)15-8-4-6-9(7-5-8)18-10(13)14/h4-7,10H,1-3H3,(H2,15,16,17). The van der Waals surface area contributed by atoms with Crippen LogP contribution < -0.4 is 15.4 Å². The summed E-state index contributed by atoms with van der Waals surface area (Å²) < 4.78 is 28.0. The molecule has 0 atom stereocenters. The molecule has 2 N–H and O–H groups in total. The lowest BCUT2D eigenvalue weighted by atomic mass is 10.1. The number of benzene rings is 1. The molecule has 1 rings (SSSR count). The average molecular weight is 258 g/mol. The Balaban J connectivity index is 2.56. The van der Waals surface area contributed by atoms with Crippen LogP contribution in [0.2, 0.25) is 0 Å². The number of ether oxygens (including phenoxy) is 1. The summed E-state index contributed by atoms with van der Waals surface area (Å²) in [5.74, 6) is 0.0479. The Morgan fingerprint density at radius 1 is 1.22 bits per heavy atom. The first-order valence-electron chi connectivity index (χ1n) is 5.40. The van der Waals surface area contributed by atoms with Crippen LogP contribution in [-0.2, 0) is 0 Å². The minimum absolute atomic E-state index is 0.0479. The Kier molecular flexibility index (Phi) is 4.47. The number of carbonyl (C=O) groups is 1. The molecule has 0 aromatic heterocycles. The summed E-state index contributed by atoms with van der Waals surface area (Å²) in [6.45, 7) is 2.71. The van der Waals surface area contributed by atoms with E-state index >= 15 is 0 Å². The van der Waals surface area contributed by atoms with Gasteiger partial charge in [-0.2, -0.15) is 8.78 Å². The highest BCUT2D eigenvalue weighted by Crippen LogP contribution is 2.17. The number of amides is 2.